The maximum atomic E-state index is 13.5. The highest BCUT2D eigenvalue weighted by molar-refractivity contribution is 9.10. The molecule has 1 aromatic heterocycles. The van der Waals surface area contributed by atoms with Crippen LogP contribution in [0.15, 0.2) is 28.3 Å². The predicted octanol–water partition coefficient (Wildman–Crippen LogP) is 2.93. The Kier molecular flexibility index (Phi) is 4.39. The van der Waals surface area contributed by atoms with Gasteiger partial charge in [-0.25, -0.2) is 8.78 Å². The summed E-state index contributed by atoms with van der Waals surface area (Å²) in [7, 11) is 0. The predicted molar refractivity (Wildman–Crippen MR) is 69.9 cm³/mol. The van der Waals surface area contributed by atoms with Gasteiger partial charge >= 0.3 is 0 Å². The van der Waals surface area contributed by atoms with Crippen LogP contribution in [0.1, 0.15) is 16.5 Å². The summed E-state index contributed by atoms with van der Waals surface area (Å²) >= 11 is 4.54. The number of hydrogen-bond donors (Lipinski definition) is 2. The summed E-state index contributed by atoms with van der Waals surface area (Å²) in [6.07, 6.45) is 2.29. The average molecular weight is 334 g/mol. The monoisotopic (exact) mass is 333 g/mol. The van der Waals surface area contributed by atoms with Crippen molar-refractivity contribution in [1.29, 1.82) is 0 Å². The lowest BCUT2D eigenvalue weighted by atomic mass is 10.0. The minimum Gasteiger partial charge on any atom is -0.271 e. The number of benzene rings is 1. The highest BCUT2D eigenvalue weighted by Gasteiger charge is 2.19. The summed E-state index contributed by atoms with van der Waals surface area (Å²) < 4.78 is 26.6. The quantitative estimate of drug-likeness (QED) is 0.514. The van der Waals surface area contributed by atoms with Gasteiger partial charge in [-0.1, -0.05) is 6.07 Å². The van der Waals surface area contributed by atoms with E-state index >= 15 is 0 Å². The van der Waals surface area contributed by atoms with Crippen LogP contribution in [-0.2, 0) is 6.42 Å². The molecule has 3 N–H and O–H groups in total. The molecule has 0 bridgehead atoms. The topological polar surface area (TPSA) is 50.9 Å². The Morgan fingerprint density at radius 2 is 2.22 bits per heavy atom. The Balaban J connectivity index is 2.30. The summed E-state index contributed by atoms with van der Waals surface area (Å²) in [5.41, 5.74) is 4.89. The van der Waals surface area contributed by atoms with Gasteiger partial charge in [-0.05, 0) is 27.6 Å². The number of thiazole rings is 1. The van der Waals surface area contributed by atoms with E-state index < -0.39 is 11.6 Å². The lowest BCUT2D eigenvalue weighted by molar-refractivity contribution is 0.492. The molecule has 0 amide bonds. The minimum atomic E-state index is -0.906. The molecular weight excluding hydrogens is 324 g/mol. The van der Waals surface area contributed by atoms with Gasteiger partial charge in [0.25, 0.3) is 0 Å². The third kappa shape index (κ3) is 2.74. The fraction of sp³-hybridized carbons (Fsp3) is 0.182. The summed E-state index contributed by atoms with van der Waals surface area (Å²) in [6.45, 7) is 0. The molecule has 0 fully saturated rings. The number of nitrogens with zero attached hydrogens (tertiary/aromatic N) is 1. The molecule has 0 spiro atoms. The van der Waals surface area contributed by atoms with Gasteiger partial charge in [0.2, 0.25) is 0 Å². The number of rotatable bonds is 4. The Bertz CT molecular complexity index is 533. The average Bonchev–Trinajstić information content (AvgIpc) is 2.87. The summed E-state index contributed by atoms with van der Waals surface area (Å²) in [5.74, 6) is 3.68. The van der Waals surface area contributed by atoms with Gasteiger partial charge in [-0.3, -0.25) is 16.3 Å². The molecule has 3 nitrogen and oxygen atoms in total. The summed E-state index contributed by atoms with van der Waals surface area (Å²) in [5, 5.41) is 0. The van der Waals surface area contributed by atoms with E-state index in [4.69, 9.17) is 5.84 Å². The molecule has 0 radical (unpaired) electrons. The van der Waals surface area contributed by atoms with E-state index in [-0.39, 0.29) is 10.5 Å². The van der Waals surface area contributed by atoms with E-state index in [1.54, 1.807) is 11.7 Å². The SMILES string of the molecule is NNC(Cc1cncs1)c1ccc(F)c(F)c1Br. The first kappa shape index (κ1) is 13.5. The molecule has 96 valence electrons. The fourth-order valence-corrected chi connectivity index (χ4v) is 2.85. The molecule has 7 heteroatoms. The first-order valence-corrected chi connectivity index (χ1v) is 6.77. The van der Waals surface area contributed by atoms with E-state index in [1.165, 1.54) is 17.4 Å². The zero-order chi connectivity index (χ0) is 13.1. The molecule has 0 saturated heterocycles. The molecule has 1 unspecified atom stereocenters. The normalized spacial score (nSPS) is 12.7. The molecule has 2 aromatic rings. The Morgan fingerprint density at radius 3 is 2.83 bits per heavy atom. The van der Waals surface area contributed by atoms with Crippen LogP contribution >= 0.6 is 27.3 Å². The van der Waals surface area contributed by atoms with Crippen LogP contribution in [-0.4, -0.2) is 4.98 Å². The van der Waals surface area contributed by atoms with Gasteiger partial charge in [-0.15, -0.1) is 11.3 Å². The molecule has 0 saturated carbocycles. The number of aromatic nitrogens is 1. The van der Waals surface area contributed by atoms with Crippen LogP contribution < -0.4 is 11.3 Å². The maximum Gasteiger partial charge on any atom is 0.173 e. The standard InChI is InChI=1S/C11H10BrF2N3S/c12-10-7(1-2-8(13)11(10)14)9(17-15)3-6-4-16-5-18-6/h1-2,4-5,9,17H,3,15H2. The van der Waals surface area contributed by atoms with E-state index in [1.807, 2.05) is 0 Å². The highest BCUT2D eigenvalue weighted by atomic mass is 79.9. The number of hydrazine groups is 1. The second-order valence-corrected chi connectivity index (χ2v) is 5.42. The molecule has 0 aliphatic rings. The molecule has 2 rings (SSSR count). The molecule has 1 heterocycles. The van der Waals surface area contributed by atoms with Gasteiger partial charge < -0.3 is 0 Å². The van der Waals surface area contributed by atoms with Crippen LogP contribution in [0, 0.1) is 11.6 Å². The molecule has 0 aliphatic carbocycles. The van der Waals surface area contributed by atoms with E-state index in [0.717, 1.165) is 10.9 Å². The molecule has 0 aliphatic heterocycles. The van der Waals surface area contributed by atoms with Crippen LogP contribution in [0.3, 0.4) is 0 Å². The lowest BCUT2D eigenvalue weighted by Gasteiger charge is -2.17. The smallest absolute Gasteiger partial charge is 0.173 e. The minimum absolute atomic E-state index is 0.0926. The maximum absolute atomic E-state index is 13.5. The van der Waals surface area contributed by atoms with Crippen molar-refractivity contribution in [2.24, 2.45) is 5.84 Å². The van der Waals surface area contributed by atoms with Crippen molar-refractivity contribution >= 4 is 27.3 Å². The van der Waals surface area contributed by atoms with Crippen LogP contribution in [0.25, 0.3) is 0 Å². The van der Waals surface area contributed by atoms with Gasteiger partial charge in [-0.2, -0.15) is 0 Å². The van der Waals surface area contributed by atoms with E-state index in [9.17, 15) is 8.78 Å². The fourth-order valence-electron chi connectivity index (χ4n) is 1.61. The number of nitrogens with two attached hydrogens (primary N) is 1. The Hall–Kier alpha value is -0.890. The van der Waals surface area contributed by atoms with Crippen LogP contribution in [0.5, 0.6) is 0 Å². The van der Waals surface area contributed by atoms with Crippen LogP contribution in [0.4, 0.5) is 8.78 Å². The van der Waals surface area contributed by atoms with Gasteiger partial charge in [0, 0.05) is 17.5 Å². The van der Waals surface area contributed by atoms with Crippen molar-refractivity contribution in [2.75, 3.05) is 0 Å². The lowest BCUT2D eigenvalue weighted by Crippen LogP contribution is -2.29. The van der Waals surface area contributed by atoms with Gasteiger partial charge in [0.15, 0.2) is 11.6 Å². The molecule has 1 atom stereocenters. The summed E-state index contributed by atoms with van der Waals surface area (Å²) in [6, 6.07) is 2.29. The van der Waals surface area contributed by atoms with Crippen LogP contribution in [0.2, 0.25) is 0 Å². The number of halogens is 3. The molecular formula is C11H10BrF2N3S. The zero-order valence-electron chi connectivity index (χ0n) is 9.16. The number of nitrogens with one attached hydrogen (secondary N) is 1. The Labute approximate surface area is 115 Å². The van der Waals surface area contributed by atoms with E-state index in [0.29, 0.717) is 12.0 Å². The second-order valence-electron chi connectivity index (χ2n) is 3.66. The second kappa shape index (κ2) is 5.83. The highest BCUT2D eigenvalue weighted by Crippen LogP contribution is 2.29. The van der Waals surface area contributed by atoms with Crippen molar-refractivity contribution in [1.82, 2.24) is 10.4 Å². The molecule has 1 aromatic carbocycles. The largest absolute Gasteiger partial charge is 0.271 e. The summed E-state index contributed by atoms with van der Waals surface area (Å²) in [4.78, 5) is 4.97. The first-order chi connectivity index (χ1) is 8.63. The molecule has 18 heavy (non-hydrogen) atoms. The zero-order valence-corrected chi connectivity index (χ0v) is 11.6. The van der Waals surface area contributed by atoms with Gasteiger partial charge in [0.1, 0.15) is 0 Å². The van der Waals surface area contributed by atoms with Crippen molar-refractivity contribution in [3.05, 3.63) is 50.4 Å². The first-order valence-electron chi connectivity index (χ1n) is 5.10. The van der Waals surface area contributed by atoms with Crippen molar-refractivity contribution in [3.63, 3.8) is 0 Å². The van der Waals surface area contributed by atoms with Crippen molar-refractivity contribution in [3.8, 4) is 0 Å². The van der Waals surface area contributed by atoms with E-state index in [2.05, 4.69) is 26.3 Å². The Morgan fingerprint density at radius 1 is 1.44 bits per heavy atom. The van der Waals surface area contributed by atoms with Crippen molar-refractivity contribution < 1.29 is 8.78 Å². The third-order valence-electron chi connectivity index (χ3n) is 2.53. The van der Waals surface area contributed by atoms with Crippen molar-refractivity contribution in [2.45, 2.75) is 12.5 Å². The number of hydrogen-bond acceptors (Lipinski definition) is 4. The van der Waals surface area contributed by atoms with Gasteiger partial charge in [0.05, 0.1) is 16.0 Å². The third-order valence-corrected chi connectivity index (χ3v) is 4.14.